The summed E-state index contributed by atoms with van der Waals surface area (Å²) in [7, 11) is 0. The van der Waals surface area contributed by atoms with Crippen LogP contribution in [0.3, 0.4) is 0 Å². The molecule has 7 nitrogen and oxygen atoms in total. The van der Waals surface area contributed by atoms with E-state index in [0.717, 1.165) is 0 Å². The van der Waals surface area contributed by atoms with Gasteiger partial charge in [0.1, 0.15) is 30.2 Å². The highest BCUT2D eigenvalue weighted by molar-refractivity contribution is 5.75. The normalized spacial score (nSPS) is 35.3. The van der Waals surface area contributed by atoms with Gasteiger partial charge in [0.05, 0.1) is 6.61 Å². The lowest BCUT2D eigenvalue weighted by atomic mass is 9.99. The number of hydrogen-bond acceptors (Lipinski definition) is 7. The summed E-state index contributed by atoms with van der Waals surface area (Å²) in [6.07, 6.45) is -4.45. The van der Waals surface area contributed by atoms with Crippen molar-refractivity contribution in [1.82, 2.24) is 0 Å². The van der Waals surface area contributed by atoms with E-state index in [9.17, 15) is 20.1 Å². The van der Waals surface area contributed by atoms with Crippen molar-refractivity contribution in [2.75, 3.05) is 13.2 Å². The molecular weight excluding hydrogens is 256 g/mol. The molecule has 0 saturated carbocycles. The zero-order chi connectivity index (χ0) is 14.4. The molecule has 0 aliphatic carbocycles. The molecule has 0 bridgehead atoms. The van der Waals surface area contributed by atoms with Crippen molar-refractivity contribution in [2.45, 2.75) is 56.9 Å². The maximum absolute atomic E-state index is 10.7. The molecule has 1 heterocycles. The topological polar surface area (TPSA) is 116 Å². The predicted molar refractivity (Wildman–Crippen MR) is 64.3 cm³/mol. The molecule has 1 aliphatic rings. The average molecular weight is 278 g/mol. The van der Waals surface area contributed by atoms with Gasteiger partial charge in [0.15, 0.2) is 6.29 Å². The maximum Gasteiger partial charge on any atom is 0.186 e. The highest BCUT2D eigenvalue weighted by Gasteiger charge is 2.43. The fraction of sp³-hybridized carbons (Fsp3) is 0.917. The first kappa shape index (κ1) is 16.5. The van der Waals surface area contributed by atoms with Gasteiger partial charge >= 0.3 is 0 Å². The van der Waals surface area contributed by atoms with E-state index in [1.165, 1.54) is 6.92 Å². The van der Waals surface area contributed by atoms with Gasteiger partial charge in [-0.05, 0) is 19.8 Å². The first-order valence-electron chi connectivity index (χ1n) is 6.39. The van der Waals surface area contributed by atoms with Gasteiger partial charge in [0.25, 0.3) is 0 Å². The van der Waals surface area contributed by atoms with Gasteiger partial charge in [-0.3, -0.25) is 0 Å². The Morgan fingerprint density at radius 2 is 1.84 bits per heavy atom. The van der Waals surface area contributed by atoms with E-state index in [1.807, 2.05) is 0 Å². The van der Waals surface area contributed by atoms with Crippen LogP contribution in [-0.2, 0) is 14.3 Å². The summed E-state index contributed by atoms with van der Waals surface area (Å²) in [5.41, 5.74) is 0. The molecule has 5 atom stereocenters. The SMILES string of the molecule is CC(=O)CCCCO[C@H]1OC(CO)[C@@H](O)C(O)[C@H]1O. The van der Waals surface area contributed by atoms with Crippen LogP contribution in [0.5, 0.6) is 0 Å². The third-order valence-corrected chi connectivity index (χ3v) is 3.05. The molecule has 0 radical (unpaired) electrons. The highest BCUT2D eigenvalue weighted by atomic mass is 16.7. The van der Waals surface area contributed by atoms with Gasteiger partial charge in [-0.15, -0.1) is 0 Å². The molecule has 19 heavy (non-hydrogen) atoms. The van der Waals surface area contributed by atoms with Crippen LogP contribution < -0.4 is 0 Å². The third kappa shape index (κ3) is 4.79. The van der Waals surface area contributed by atoms with Crippen molar-refractivity contribution >= 4 is 5.78 Å². The second-order valence-electron chi connectivity index (χ2n) is 4.73. The number of aliphatic hydroxyl groups excluding tert-OH is 4. The van der Waals surface area contributed by atoms with Crippen LogP contribution >= 0.6 is 0 Å². The molecule has 0 aromatic heterocycles. The summed E-state index contributed by atoms with van der Waals surface area (Å²) < 4.78 is 10.4. The van der Waals surface area contributed by atoms with Crippen molar-refractivity contribution in [3.05, 3.63) is 0 Å². The Hall–Kier alpha value is -0.570. The second-order valence-corrected chi connectivity index (χ2v) is 4.73. The summed E-state index contributed by atoms with van der Waals surface area (Å²) in [6.45, 7) is 1.30. The van der Waals surface area contributed by atoms with Gasteiger partial charge in [-0.2, -0.15) is 0 Å². The fourth-order valence-corrected chi connectivity index (χ4v) is 1.88. The van der Waals surface area contributed by atoms with Crippen LogP contribution in [0.25, 0.3) is 0 Å². The summed E-state index contributed by atoms with van der Waals surface area (Å²) in [4.78, 5) is 10.7. The Morgan fingerprint density at radius 3 is 2.42 bits per heavy atom. The molecule has 1 fully saturated rings. The molecule has 1 saturated heterocycles. The van der Waals surface area contributed by atoms with Crippen molar-refractivity contribution in [2.24, 2.45) is 0 Å². The van der Waals surface area contributed by atoms with E-state index in [4.69, 9.17) is 14.6 Å². The Balaban J connectivity index is 2.33. The van der Waals surface area contributed by atoms with E-state index in [2.05, 4.69) is 0 Å². The van der Waals surface area contributed by atoms with Crippen LogP contribution in [0, 0.1) is 0 Å². The molecule has 1 aliphatic heterocycles. The molecule has 0 aromatic rings. The van der Waals surface area contributed by atoms with Crippen molar-refractivity contribution in [3.63, 3.8) is 0 Å². The van der Waals surface area contributed by atoms with E-state index in [-0.39, 0.29) is 12.4 Å². The Bertz CT molecular complexity index is 281. The minimum atomic E-state index is -1.42. The van der Waals surface area contributed by atoms with Gasteiger partial charge in [-0.25, -0.2) is 0 Å². The summed E-state index contributed by atoms with van der Waals surface area (Å²) in [5.74, 6) is 0.104. The van der Waals surface area contributed by atoms with E-state index in [1.54, 1.807) is 0 Å². The van der Waals surface area contributed by atoms with Gasteiger partial charge < -0.3 is 34.7 Å². The molecule has 7 heteroatoms. The molecule has 112 valence electrons. The number of ether oxygens (including phenoxy) is 2. The van der Waals surface area contributed by atoms with Gasteiger partial charge in [-0.1, -0.05) is 0 Å². The summed E-state index contributed by atoms with van der Waals surface area (Å²) in [6, 6.07) is 0. The van der Waals surface area contributed by atoms with Crippen molar-refractivity contribution in [1.29, 1.82) is 0 Å². The van der Waals surface area contributed by atoms with Gasteiger partial charge in [0, 0.05) is 13.0 Å². The number of hydrogen-bond donors (Lipinski definition) is 4. The van der Waals surface area contributed by atoms with Crippen LogP contribution in [0.2, 0.25) is 0 Å². The molecule has 2 unspecified atom stereocenters. The predicted octanol–water partition coefficient (Wildman–Crippen LogP) is -1.44. The Labute approximate surface area is 111 Å². The Kier molecular flexibility index (Phi) is 6.84. The van der Waals surface area contributed by atoms with Crippen LogP contribution in [-0.4, -0.2) is 70.1 Å². The Morgan fingerprint density at radius 1 is 1.16 bits per heavy atom. The standard InChI is InChI=1S/C12H22O7/c1-7(14)4-2-3-5-18-12-11(17)10(16)9(15)8(6-13)19-12/h8-13,15-17H,2-6H2,1H3/t8?,9-,10?,11-,12+/m1/s1. The number of Topliss-reactive ketones (excluding diaryl/α,β-unsaturated/α-hetero) is 1. The molecule has 0 aromatic carbocycles. The first-order chi connectivity index (χ1) is 8.97. The monoisotopic (exact) mass is 278 g/mol. The number of rotatable bonds is 7. The lowest BCUT2D eigenvalue weighted by Gasteiger charge is -2.39. The zero-order valence-corrected chi connectivity index (χ0v) is 10.9. The van der Waals surface area contributed by atoms with E-state index in [0.29, 0.717) is 19.3 Å². The number of aliphatic hydroxyl groups is 4. The zero-order valence-electron chi connectivity index (χ0n) is 10.9. The molecule has 0 amide bonds. The van der Waals surface area contributed by atoms with Gasteiger partial charge in [0.2, 0.25) is 0 Å². The minimum absolute atomic E-state index is 0.104. The second kappa shape index (κ2) is 7.88. The smallest absolute Gasteiger partial charge is 0.186 e. The first-order valence-corrected chi connectivity index (χ1v) is 6.39. The van der Waals surface area contributed by atoms with Crippen LogP contribution in [0.1, 0.15) is 26.2 Å². The highest BCUT2D eigenvalue weighted by Crippen LogP contribution is 2.22. The molecular formula is C12H22O7. The largest absolute Gasteiger partial charge is 0.394 e. The van der Waals surface area contributed by atoms with Crippen molar-refractivity contribution in [3.8, 4) is 0 Å². The number of unbranched alkanes of at least 4 members (excludes halogenated alkanes) is 1. The lowest BCUT2D eigenvalue weighted by Crippen LogP contribution is -2.59. The molecule has 1 rings (SSSR count). The van der Waals surface area contributed by atoms with Crippen LogP contribution in [0.15, 0.2) is 0 Å². The molecule has 0 spiro atoms. The van der Waals surface area contributed by atoms with Crippen molar-refractivity contribution < 1.29 is 34.7 Å². The average Bonchev–Trinajstić information content (AvgIpc) is 2.37. The number of carbonyl (C=O) groups is 1. The molecule has 4 N–H and O–H groups in total. The van der Waals surface area contributed by atoms with Crippen LogP contribution in [0.4, 0.5) is 0 Å². The minimum Gasteiger partial charge on any atom is -0.394 e. The maximum atomic E-state index is 10.7. The van der Waals surface area contributed by atoms with E-state index < -0.39 is 37.3 Å². The quantitative estimate of drug-likeness (QED) is 0.421. The lowest BCUT2D eigenvalue weighted by molar-refractivity contribution is -0.301. The summed E-state index contributed by atoms with van der Waals surface area (Å²) in [5, 5.41) is 37.7. The third-order valence-electron chi connectivity index (χ3n) is 3.05. The fourth-order valence-electron chi connectivity index (χ4n) is 1.88. The summed E-state index contributed by atoms with van der Waals surface area (Å²) >= 11 is 0. The number of carbonyl (C=O) groups excluding carboxylic acids is 1. The number of ketones is 1. The van der Waals surface area contributed by atoms with E-state index >= 15 is 0 Å².